The van der Waals surface area contributed by atoms with Gasteiger partial charge in [-0.1, -0.05) is 23.2 Å². The van der Waals surface area contributed by atoms with Gasteiger partial charge in [0, 0.05) is 11.6 Å². The zero-order valence-corrected chi connectivity index (χ0v) is 15.5. The molecular weight excluding hydrogens is 391 g/mol. The number of amides is 1. The number of ether oxygens (including phenoxy) is 2. The lowest BCUT2D eigenvalue weighted by molar-refractivity contribution is -0.379. The van der Waals surface area contributed by atoms with Gasteiger partial charge in [-0.25, -0.2) is 5.43 Å². The highest BCUT2D eigenvalue weighted by atomic mass is 35.5. The van der Waals surface area contributed by atoms with Gasteiger partial charge < -0.3 is 15.2 Å². The maximum atomic E-state index is 12.2. The standard InChI is InChI=1S/C15H13Cl3N4O3/c1-24-8-3-7(4-9(5-8)25-2)6-20-22-15(23)13-10(16)12(19)11(17)14(18)21-13/h3-6H,1-2H3,(H2,19,21)(H,22,23)/p+1/b20-6-. The van der Waals surface area contributed by atoms with Gasteiger partial charge in [-0.15, -0.1) is 0 Å². The van der Waals surface area contributed by atoms with E-state index >= 15 is 0 Å². The fourth-order valence-corrected chi connectivity index (χ4v) is 2.46. The van der Waals surface area contributed by atoms with Crippen LogP contribution in [0.1, 0.15) is 16.1 Å². The van der Waals surface area contributed by atoms with Gasteiger partial charge in [-0.05, 0) is 23.7 Å². The van der Waals surface area contributed by atoms with E-state index in [4.69, 9.17) is 50.0 Å². The number of carbonyl (C=O) groups is 1. The van der Waals surface area contributed by atoms with Crippen LogP contribution in [-0.2, 0) is 0 Å². The number of aromatic nitrogens is 1. The Bertz CT molecular complexity index is 821. The molecule has 0 bridgehead atoms. The Kier molecular flexibility index (Phi) is 6.30. The lowest BCUT2D eigenvalue weighted by Crippen LogP contribution is -2.28. The van der Waals surface area contributed by atoms with Crippen molar-refractivity contribution in [3.8, 4) is 11.5 Å². The molecule has 1 aromatic carbocycles. The fourth-order valence-electron chi connectivity index (χ4n) is 1.85. The summed E-state index contributed by atoms with van der Waals surface area (Å²) in [5, 5.41) is 3.84. The SMILES string of the molecule is COc1cc(/C=N\NC(=O)c2[nH+]c(Cl)c(Cl)c(N)c2Cl)cc(OC)c1. The fraction of sp³-hybridized carbons (Fsp3) is 0.133. The number of nitrogens with two attached hydrogens (primary N) is 1. The number of anilines is 1. The first-order valence-electron chi connectivity index (χ1n) is 6.79. The van der Waals surface area contributed by atoms with E-state index < -0.39 is 5.91 Å². The van der Waals surface area contributed by atoms with E-state index in [0.717, 1.165) is 0 Å². The van der Waals surface area contributed by atoms with Gasteiger partial charge in [0.15, 0.2) is 0 Å². The molecule has 0 spiro atoms. The largest absolute Gasteiger partial charge is 0.497 e. The van der Waals surface area contributed by atoms with E-state index in [0.29, 0.717) is 17.1 Å². The summed E-state index contributed by atoms with van der Waals surface area (Å²) in [4.78, 5) is 14.7. The zero-order valence-electron chi connectivity index (χ0n) is 13.2. The Balaban J connectivity index is 2.19. The average molecular weight is 405 g/mol. The number of nitrogens with one attached hydrogen (secondary N) is 2. The first kappa shape index (κ1) is 19.1. The molecular formula is C15H14Cl3N4O3+. The number of nitrogen functional groups attached to an aromatic ring is 1. The van der Waals surface area contributed by atoms with Crippen molar-refractivity contribution < 1.29 is 19.3 Å². The highest BCUT2D eigenvalue weighted by molar-refractivity contribution is 6.45. The molecule has 0 saturated heterocycles. The molecule has 0 fully saturated rings. The van der Waals surface area contributed by atoms with Crippen molar-refractivity contribution in [2.75, 3.05) is 20.0 Å². The van der Waals surface area contributed by atoms with Crippen LogP contribution in [0.25, 0.3) is 0 Å². The predicted molar refractivity (Wildman–Crippen MR) is 97.0 cm³/mol. The molecule has 2 rings (SSSR count). The summed E-state index contributed by atoms with van der Waals surface area (Å²) >= 11 is 17.7. The molecule has 0 atom stereocenters. The summed E-state index contributed by atoms with van der Waals surface area (Å²) in [6, 6.07) is 5.14. The number of aromatic amines is 1. The van der Waals surface area contributed by atoms with Crippen LogP contribution in [0, 0.1) is 0 Å². The van der Waals surface area contributed by atoms with Gasteiger partial charge in [-0.2, -0.15) is 10.1 Å². The Morgan fingerprint density at radius 2 is 1.76 bits per heavy atom. The number of rotatable bonds is 5. The van der Waals surface area contributed by atoms with E-state index in [1.807, 2.05) is 0 Å². The topological polar surface area (TPSA) is 100 Å². The molecule has 4 N–H and O–H groups in total. The molecule has 0 aliphatic heterocycles. The third kappa shape index (κ3) is 4.45. The van der Waals surface area contributed by atoms with Crippen molar-refractivity contribution in [3.63, 3.8) is 0 Å². The normalized spacial score (nSPS) is 10.8. The van der Waals surface area contributed by atoms with E-state index in [1.54, 1.807) is 18.2 Å². The van der Waals surface area contributed by atoms with Crippen molar-refractivity contribution in [1.29, 1.82) is 0 Å². The van der Waals surface area contributed by atoms with Crippen LogP contribution >= 0.6 is 34.8 Å². The smallest absolute Gasteiger partial charge is 0.337 e. The van der Waals surface area contributed by atoms with Crippen molar-refractivity contribution in [2.24, 2.45) is 5.10 Å². The van der Waals surface area contributed by atoms with Crippen LogP contribution in [0.2, 0.25) is 15.2 Å². The van der Waals surface area contributed by atoms with Crippen LogP contribution in [0.4, 0.5) is 5.69 Å². The van der Waals surface area contributed by atoms with Gasteiger partial charge in [0.05, 0.1) is 26.1 Å². The number of nitrogens with zero attached hydrogens (tertiary/aromatic N) is 1. The number of halogens is 3. The summed E-state index contributed by atoms with van der Waals surface area (Å²) in [5.41, 5.74) is 8.59. The Labute approximate surface area is 158 Å². The summed E-state index contributed by atoms with van der Waals surface area (Å²) in [6.45, 7) is 0. The lowest BCUT2D eigenvalue weighted by atomic mass is 10.2. The zero-order chi connectivity index (χ0) is 18.6. The molecule has 1 aromatic heterocycles. The van der Waals surface area contributed by atoms with Crippen molar-refractivity contribution in [3.05, 3.63) is 44.7 Å². The van der Waals surface area contributed by atoms with Crippen molar-refractivity contribution >= 4 is 52.6 Å². The number of methoxy groups -OCH3 is 2. The van der Waals surface area contributed by atoms with Gasteiger partial charge >= 0.3 is 5.91 Å². The molecule has 132 valence electrons. The monoisotopic (exact) mass is 403 g/mol. The highest BCUT2D eigenvalue weighted by Gasteiger charge is 2.25. The van der Waals surface area contributed by atoms with Gasteiger partial charge in [0.2, 0.25) is 0 Å². The maximum Gasteiger partial charge on any atom is 0.337 e. The summed E-state index contributed by atoms with van der Waals surface area (Å²) in [7, 11) is 3.06. The summed E-state index contributed by atoms with van der Waals surface area (Å²) < 4.78 is 10.3. The Hall–Kier alpha value is -2.22. The highest BCUT2D eigenvalue weighted by Crippen LogP contribution is 2.31. The second-order valence-electron chi connectivity index (χ2n) is 4.70. The van der Waals surface area contributed by atoms with E-state index in [-0.39, 0.29) is 26.6 Å². The Morgan fingerprint density at radius 3 is 2.32 bits per heavy atom. The molecule has 0 radical (unpaired) electrons. The van der Waals surface area contributed by atoms with Crippen LogP contribution < -0.4 is 25.6 Å². The van der Waals surface area contributed by atoms with Crippen LogP contribution in [-0.4, -0.2) is 26.3 Å². The minimum Gasteiger partial charge on any atom is -0.497 e. The minimum atomic E-state index is -0.638. The second-order valence-corrected chi connectivity index (χ2v) is 5.83. The molecule has 7 nitrogen and oxygen atoms in total. The average Bonchev–Trinajstić information content (AvgIpc) is 2.62. The molecule has 0 unspecified atom stereocenters. The molecule has 0 aliphatic carbocycles. The van der Waals surface area contributed by atoms with Crippen molar-refractivity contribution in [2.45, 2.75) is 0 Å². The second kappa shape index (κ2) is 8.24. The molecule has 0 saturated carbocycles. The summed E-state index contributed by atoms with van der Waals surface area (Å²) in [6.07, 6.45) is 1.41. The van der Waals surface area contributed by atoms with Crippen LogP contribution in [0.3, 0.4) is 0 Å². The molecule has 1 heterocycles. The minimum absolute atomic E-state index is 0.00116. The number of hydrogen-bond acceptors (Lipinski definition) is 5. The van der Waals surface area contributed by atoms with E-state index in [1.165, 1.54) is 20.4 Å². The number of hydrazone groups is 1. The molecule has 25 heavy (non-hydrogen) atoms. The van der Waals surface area contributed by atoms with E-state index in [2.05, 4.69) is 15.5 Å². The van der Waals surface area contributed by atoms with Gasteiger partial charge in [-0.3, -0.25) is 4.79 Å². The third-order valence-electron chi connectivity index (χ3n) is 3.10. The summed E-state index contributed by atoms with van der Waals surface area (Å²) in [5.74, 6) is 0.530. The molecule has 10 heteroatoms. The number of carbonyl (C=O) groups excluding carboxylic acids is 1. The number of pyridine rings is 1. The maximum absolute atomic E-state index is 12.2. The lowest BCUT2D eigenvalue weighted by Gasteiger charge is -2.05. The van der Waals surface area contributed by atoms with E-state index in [9.17, 15) is 4.79 Å². The number of benzene rings is 1. The van der Waals surface area contributed by atoms with Gasteiger partial charge in [0.1, 0.15) is 21.5 Å². The first-order valence-corrected chi connectivity index (χ1v) is 7.92. The molecule has 2 aromatic rings. The van der Waals surface area contributed by atoms with Crippen LogP contribution in [0.15, 0.2) is 23.3 Å². The van der Waals surface area contributed by atoms with Gasteiger partial charge in [0.25, 0.3) is 10.8 Å². The number of hydrogen-bond donors (Lipinski definition) is 2. The van der Waals surface area contributed by atoms with Crippen LogP contribution in [0.5, 0.6) is 11.5 Å². The molecule has 1 amide bonds. The third-order valence-corrected chi connectivity index (χ3v) is 4.27. The predicted octanol–water partition coefficient (Wildman–Crippen LogP) is 2.82. The first-order chi connectivity index (χ1) is 11.9. The number of H-pyrrole nitrogens is 1. The molecule has 0 aliphatic rings. The Morgan fingerprint density at radius 1 is 1.16 bits per heavy atom. The van der Waals surface area contributed by atoms with Crippen molar-refractivity contribution in [1.82, 2.24) is 5.43 Å². The quantitative estimate of drug-likeness (QED) is 0.454.